The second-order valence-electron chi connectivity index (χ2n) is 7.49. The molecule has 11 heteroatoms. The molecule has 2 rings (SSSR count). The molecule has 10 nitrogen and oxygen atoms in total. The van der Waals surface area contributed by atoms with Gasteiger partial charge in [-0.05, 0) is 27.9 Å². The van der Waals surface area contributed by atoms with Crippen molar-refractivity contribution in [1.29, 1.82) is 0 Å². The van der Waals surface area contributed by atoms with Crippen LogP contribution in [-0.4, -0.2) is 56.3 Å². The fourth-order valence-electron chi connectivity index (χ4n) is 2.94. The molecule has 0 aliphatic rings. The van der Waals surface area contributed by atoms with E-state index in [-0.39, 0.29) is 18.3 Å². The largest absolute Gasteiger partial charge is 0.464 e. The van der Waals surface area contributed by atoms with E-state index in [1.54, 1.807) is 16.9 Å². The van der Waals surface area contributed by atoms with Crippen LogP contribution in [0.25, 0.3) is 0 Å². The first-order valence-electron chi connectivity index (χ1n) is 9.95. The molecule has 0 aliphatic heterocycles. The number of nitrogens with two attached hydrogens (primary N) is 1. The molecule has 168 valence electrons. The van der Waals surface area contributed by atoms with Gasteiger partial charge in [0.05, 0.1) is 11.9 Å². The topological polar surface area (TPSA) is 118 Å². The number of hydrogen-bond acceptors (Lipinski definition) is 6. The number of rotatable bonds is 10. The number of amides is 2. The molecule has 0 saturated heterocycles. The van der Waals surface area contributed by atoms with Crippen LogP contribution in [0, 0.1) is 0 Å². The molecule has 0 fully saturated rings. The zero-order valence-corrected chi connectivity index (χ0v) is 19.3. The Morgan fingerprint density at radius 1 is 1.23 bits per heavy atom. The maximum atomic E-state index is 13.7. The lowest BCUT2D eigenvalue weighted by Crippen LogP contribution is -2.51. The van der Waals surface area contributed by atoms with Crippen LogP contribution in [0.2, 0.25) is 0 Å². The summed E-state index contributed by atoms with van der Waals surface area (Å²) in [6.45, 7) is 8.14. The van der Waals surface area contributed by atoms with Gasteiger partial charge >= 0.3 is 16.2 Å². The van der Waals surface area contributed by atoms with Crippen LogP contribution in [0.4, 0.5) is 16.2 Å². The summed E-state index contributed by atoms with van der Waals surface area (Å²) >= 11 is 0. The smallest absolute Gasteiger partial charge is 0.334 e. The van der Waals surface area contributed by atoms with E-state index < -0.39 is 16.2 Å². The van der Waals surface area contributed by atoms with Gasteiger partial charge in [0.2, 0.25) is 0 Å². The van der Waals surface area contributed by atoms with Gasteiger partial charge in [-0.3, -0.25) is 4.68 Å². The van der Waals surface area contributed by atoms with Crippen LogP contribution in [0.5, 0.6) is 0 Å². The summed E-state index contributed by atoms with van der Waals surface area (Å²) in [4.78, 5) is 14.2. The number of aromatic nitrogens is 2. The van der Waals surface area contributed by atoms with Crippen LogP contribution in [0.3, 0.4) is 0 Å². The highest BCUT2D eigenvalue weighted by Crippen LogP contribution is 2.31. The van der Waals surface area contributed by atoms with E-state index >= 15 is 0 Å². The summed E-state index contributed by atoms with van der Waals surface area (Å²) in [6, 6.07) is 0.513. The number of hydrogen-bond donors (Lipinski definition) is 1. The molecule has 0 unspecified atom stereocenters. The van der Waals surface area contributed by atoms with Gasteiger partial charge in [0.15, 0.2) is 0 Å². The molecule has 2 aromatic rings. The number of likely N-dealkylation sites (N-methyl/N-ethyl adjacent to an activating group) is 1. The number of nitrogens with zero attached hydrogens (tertiary/aromatic N) is 5. The standard InChI is InChI=1S/C19H32N6O4S/c1-7-16-11-17(18(8-2)29-16)25(19(20)26)30(27,28)24(10-9-22(5)6)15-12-21-23(13-15)14(3)4/h11-14H,7-10H2,1-6H3,(H2,20,26). The summed E-state index contributed by atoms with van der Waals surface area (Å²) < 4.78 is 36.5. The van der Waals surface area contributed by atoms with E-state index in [0.29, 0.717) is 40.9 Å². The zero-order chi connectivity index (χ0) is 22.6. The van der Waals surface area contributed by atoms with Crippen molar-refractivity contribution in [1.82, 2.24) is 14.7 Å². The van der Waals surface area contributed by atoms with Crippen molar-refractivity contribution in [2.24, 2.45) is 5.73 Å². The molecule has 0 bridgehead atoms. The molecule has 0 radical (unpaired) electrons. The Morgan fingerprint density at radius 2 is 1.90 bits per heavy atom. The fraction of sp³-hybridized carbons (Fsp3) is 0.579. The van der Waals surface area contributed by atoms with Crippen molar-refractivity contribution in [2.45, 2.75) is 46.6 Å². The highest BCUT2D eigenvalue weighted by atomic mass is 32.2. The van der Waals surface area contributed by atoms with E-state index in [9.17, 15) is 13.2 Å². The molecule has 30 heavy (non-hydrogen) atoms. The van der Waals surface area contributed by atoms with Crippen LogP contribution in [0.15, 0.2) is 22.9 Å². The fourth-order valence-corrected chi connectivity index (χ4v) is 4.44. The first kappa shape index (κ1) is 23.7. The van der Waals surface area contributed by atoms with E-state index in [2.05, 4.69) is 5.10 Å². The normalized spacial score (nSPS) is 12.0. The second kappa shape index (κ2) is 9.52. The van der Waals surface area contributed by atoms with Crippen molar-refractivity contribution in [3.05, 3.63) is 30.0 Å². The molecule has 0 spiro atoms. The van der Waals surface area contributed by atoms with E-state index in [4.69, 9.17) is 10.2 Å². The van der Waals surface area contributed by atoms with Gasteiger partial charge in [-0.15, -0.1) is 0 Å². The lowest BCUT2D eigenvalue weighted by molar-refractivity contribution is 0.256. The Morgan fingerprint density at radius 3 is 2.37 bits per heavy atom. The van der Waals surface area contributed by atoms with Crippen LogP contribution in [0.1, 0.15) is 45.3 Å². The number of carbonyl (C=O) groups excluding carboxylic acids is 1. The quantitative estimate of drug-likeness (QED) is 0.606. The summed E-state index contributed by atoms with van der Waals surface area (Å²) in [7, 11) is -0.671. The first-order valence-corrected chi connectivity index (χ1v) is 11.3. The Hall–Kier alpha value is -2.53. The molecule has 2 aromatic heterocycles. The molecule has 0 atom stereocenters. The van der Waals surface area contributed by atoms with Gasteiger partial charge < -0.3 is 15.1 Å². The number of primary amides is 1. The maximum Gasteiger partial charge on any atom is 0.334 e. The van der Waals surface area contributed by atoms with Crippen LogP contribution >= 0.6 is 0 Å². The minimum absolute atomic E-state index is 0.0528. The zero-order valence-electron chi connectivity index (χ0n) is 18.5. The summed E-state index contributed by atoms with van der Waals surface area (Å²) in [5, 5.41) is 4.25. The predicted octanol–water partition coefficient (Wildman–Crippen LogP) is 2.38. The maximum absolute atomic E-state index is 13.7. The van der Waals surface area contributed by atoms with E-state index in [0.717, 1.165) is 4.31 Å². The van der Waals surface area contributed by atoms with E-state index in [1.807, 2.05) is 46.7 Å². The lowest BCUT2D eigenvalue weighted by Gasteiger charge is -2.30. The molecule has 2 heterocycles. The van der Waals surface area contributed by atoms with Crippen LogP contribution < -0.4 is 14.3 Å². The average Bonchev–Trinajstić information content (AvgIpc) is 3.28. The Kier molecular flexibility index (Phi) is 7.54. The number of aryl methyl sites for hydroxylation is 2. The van der Waals surface area contributed by atoms with Crippen molar-refractivity contribution in [3.63, 3.8) is 0 Å². The minimum Gasteiger partial charge on any atom is -0.464 e. The van der Waals surface area contributed by atoms with Gasteiger partial charge in [0.1, 0.15) is 17.2 Å². The molecular weight excluding hydrogens is 408 g/mol. The predicted molar refractivity (Wildman–Crippen MR) is 117 cm³/mol. The van der Waals surface area contributed by atoms with Crippen molar-refractivity contribution >= 4 is 27.6 Å². The molecular formula is C19H32N6O4S. The van der Waals surface area contributed by atoms with E-state index in [1.165, 1.54) is 6.20 Å². The minimum atomic E-state index is -4.35. The number of anilines is 2. The number of urea groups is 1. The van der Waals surface area contributed by atoms with Crippen molar-refractivity contribution in [3.8, 4) is 0 Å². The monoisotopic (exact) mass is 440 g/mol. The van der Waals surface area contributed by atoms with Gasteiger partial charge in [0, 0.05) is 44.2 Å². The molecule has 2 amide bonds. The molecule has 0 saturated carbocycles. The third-order valence-electron chi connectivity index (χ3n) is 4.59. The first-order chi connectivity index (χ1) is 14.0. The third-order valence-corrected chi connectivity index (χ3v) is 6.38. The summed E-state index contributed by atoms with van der Waals surface area (Å²) in [5.41, 5.74) is 6.06. The summed E-state index contributed by atoms with van der Waals surface area (Å²) in [5.74, 6) is 0.968. The Labute approximate surface area is 178 Å². The van der Waals surface area contributed by atoms with Gasteiger partial charge in [-0.2, -0.15) is 17.8 Å². The Bertz CT molecular complexity index is 964. The SMILES string of the molecule is CCc1cc(N(C(N)=O)S(=O)(=O)N(CCN(C)C)c2cnn(C(C)C)c2)c(CC)o1. The van der Waals surface area contributed by atoms with Crippen LogP contribution in [-0.2, 0) is 23.1 Å². The number of furan rings is 1. The van der Waals surface area contributed by atoms with Crippen molar-refractivity contribution in [2.75, 3.05) is 35.8 Å². The van der Waals surface area contributed by atoms with Gasteiger partial charge in [0.25, 0.3) is 0 Å². The lowest BCUT2D eigenvalue weighted by atomic mass is 10.3. The highest BCUT2D eigenvalue weighted by Gasteiger charge is 2.37. The average molecular weight is 441 g/mol. The molecule has 0 aliphatic carbocycles. The second-order valence-corrected chi connectivity index (χ2v) is 9.19. The summed E-state index contributed by atoms with van der Waals surface area (Å²) in [6.07, 6.45) is 4.09. The molecule has 2 N–H and O–H groups in total. The van der Waals surface area contributed by atoms with Gasteiger partial charge in [-0.25, -0.2) is 9.10 Å². The van der Waals surface area contributed by atoms with Gasteiger partial charge in [-0.1, -0.05) is 13.8 Å². The number of carbonyl (C=O) groups is 1. The highest BCUT2D eigenvalue weighted by molar-refractivity contribution is 7.94. The molecule has 0 aromatic carbocycles. The van der Waals surface area contributed by atoms with Crippen molar-refractivity contribution < 1.29 is 17.6 Å². The Balaban J connectivity index is 2.60. The third kappa shape index (κ3) is 4.96.